The third-order valence-corrected chi connectivity index (χ3v) is 6.69. The molecule has 0 aromatic heterocycles. The molecule has 0 saturated carbocycles. The van der Waals surface area contributed by atoms with Gasteiger partial charge in [-0.05, 0) is 44.9 Å². The highest BCUT2D eigenvalue weighted by Gasteiger charge is 2.35. The SMILES string of the molecule is CCCCCCCCCC[N+]1(C(Cl)CCCCC)CCCCCC1. The minimum Gasteiger partial charge on any atom is -0.309 e. The van der Waals surface area contributed by atoms with Crippen LogP contribution >= 0.6 is 11.6 Å². The number of quaternary nitrogens is 1. The Morgan fingerprint density at radius 1 is 0.667 bits per heavy atom. The van der Waals surface area contributed by atoms with Gasteiger partial charge in [0.2, 0.25) is 0 Å². The summed E-state index contributed by atoms with van der Waals surface area (Å²) in [6.45, 7) is 8.62. The lowest BCUT2D eigenvalue weighted by Crippen LogP contribution is -2.54. The van der Waals surface area contributed by atoms with Gasteiger partial charge in [-0.2, -0.15) is 0 Å². The second-order valence-electron chi connectivity index (χ2n) is 8.21. The Kier molecular flexibility index (Phi) is 13.4. The zero-order chi connectivity index (χ0) is 17.5. The number of likely N-dealkylation sites (tertiary alicyclic amines) is 1. The van der Waals surface area contributed by atoms with E-state index in [0.29, 0.717) is 5.50 Å². The number of hydrogen-bond acceptors (Lipinski definition) is 0. The molecule has 1 heterocycles. The maximum atomic E-state index is 6.99. The van der Waals surface area contributed by atoms with Crippen molar-refractivity contribution in [2.75, 3.05) is 19.6 Å². The van der Waals surface area contributed by atoms with Crippen LogP contribution in [0.25, 0.3) is 0 Å². The van der Waals surface area contributed by atoms with Crippen LogP contribution in [0.15, 0.2) is 0 Å². The Bertz CT molecular complexity index is 271. The molecular weight excluding hydrogens is 314 g/mol. The fraction of sp³-hybridized carbons (Fsp3) is 1.00. The first-order valence-electron chi connectivity index (χ1n) is 11.2. The van der Waals surface area contributed by atoms with Gasteiger partial charge in [-0.15, -0.1) is 0 Å². The van der Waals surface area contributed by atoms with Crippen LogP contribution in [0.1, 0.15) is 117 Å². The van der Waals surface area contributed by atoms with Crippen molar-refractivity contribution >= 4 is 11.6 Å². The molecule has 0 spiro atoms. The normalized spacial score (nSPS) is 19.1. The van der Waals surface area contributed by atoms with Crippen molar-refractivity contribution in [2.45, 2.75) is 122 Å². The number of unbranched alkanes of at least 4 members (excludes halogenated alkanes) is 9. The Labute approximate surface area is 158 Å². The molecule has 1 saturated heterocycles. The highest BCUT2D eigenvalue weighted by atomic mass is 35.5. The summed E-state index contributed by atoms with van der Waals surface area (Å²) in [5, 5.41) is 0. The van der Waals surface area contributed by atoms with E-state index >= 15 is 0 Å². The minimum atomic E-state index is 0.374. The standard InChI is InChI=1S/C22H45ClN/c1-3-5-7-8-9-10-11-15-19-24(20-16-12-13-17-21-24)22(23)18-14-6-4-2/h22H,3-21H2,1-2H3/q+1. The van der Waals surface area contributed by atoms with Crippen molar-refractivity contribution in [3.05, 3.63) is 0 Å². The lowest BCUT2D eigenvalue weighted by atomic mass is 10.1. The monoisotopic (exact) mass is 358 g/mol. The van der Waals surface area contributed by atoms with Gasteiger partial charge in [0.1, 0.15) is 0 Å². The van der Waals surface area contributed by atoms with Gasteiger partial charge < -0.3 is 4.48 Å². The molecule has 24 heavy (non-hydrogen) atoms. The number of hydrogen-bond donors (Lipinski definition) is 0. The van der Waals surface area contributed by atoms with Crippen molar-refractivity contribution in [1.82, 2.24) is 0 Å². The number of halogens is 1. The Morgan fingerprint density at radius 3 is 1.75 bits per heavy atom. The van der Waals surface area contributed by atoms with Gasteiger partial charge in [-0.1, -0.05) is 76.8 Å². The third-order valence-electron chi connectivity index (χ3n) is 6.05. The summed E-state index contributed by atoms with van der Waals surface area (Å²) < 4.78 is 1.24. The van der Waals surface area contributed by atoms with Gasteiger partial charge in [-0.3, -0.25) is 0 Å². The van der Waals surface area contributed by atoms with E-state index in [1.165, 1.54) is 127 Å². The molecule has 1 unspecified atom stereocenters. The van der Waals surface area contributed by atoms with Gasteiger partial charge in [0.25, 0.3) is 0 Å². The van der Waals surface area contributed by atoms with Crippen LogP contribution in [-0.2, 0) is 0 Å². The zero-order valence-electron chi connectivity index (χ0n) is 16.8. The second kappa shape index (κ2) is 14.4. The van der Waals surface area contributed by atoms with Crippen LogP contribution in [0.4, 0.5) is 0 Å². The molecule has 144 valence electrons. The van der Waals surface area contributed by atoms with Crippen molar-refractivity contribution in [1.29, 1.82) is 0 Å². The van der Waals surface area contributed by atoms with Crippen molar-refractivity contribution in [2.24, 2.45) is 0 Å². The quantitative estimate of drug-likeness (QED) is 0.129. The first-order chi connectivity index (χ1) is 11.7. The van der Waals surface area contributed by atoms with E-state index in [-0.39, 0.29) is 0 Å². The van der Waals surface area contributed by atoms with E-state index in [4.69, 9.17) is 11.6 Å². The molecule has 1 fully saturated rings. The molecule has 0 aromatic carbocycles. The van der Waals surface area contributed by atoms with Crippen LogP contribution in [0.5, 0.6) is 0 Å². The summed E-state index contributed by atoms with van der Waals surface area (Å²) in [4.78, 5) is 0. The lowest BCUT2D eigenvalue weighted by Gasteiger charge is -2.42. The predicted molar refractivity (Wildman–Crippen MR) is 110 cm³/mol. The summed E-state index contributed by atoms with van der Waals surface area (Å²) >= 11 is 6.99. The maximum absolute atomic E-state index is 6.99. The molecular formula is C22H45ClN+. The molecule has 1 aliphatic heterocycles. The van der Waals surface area contributed by atoms with Crippen LogP contribution < -0.4 is 0 Å². The van der Waals surface area contributed by atoms with Gasteiger partial charge in [-0.25, -0.2) is 0 Å². The molecule has 0 amide bonds. The van der Waals surface area contributed by atoms with Crippen LogP contribution in [0.3, 0.4) is 0 Å². The van der Waals surface area contributed by atoms with E-state index in [0.717, 1.165) is 0 Å². The Morgan fingerprint density at radius 2 is 1.17 bits per heavy atom. The minimum absolute atomic E-state index is 0.374. The van der Waals surface area contributed by atoms with Gasteiger partial charge in [0.05, 0.1) is 19.6 Å². The van der Waals surface area contributed by atoms with Crippen molar-refractivity contribution in [3.8, 4) is 0 Å². The zero-order valence-corrected chi connectivity index (χ0v) is 17.6. The van der Waals surface area contributed by atoms with Gasteiger partial charge in [0, 0.05) is 6.42 Å². The average Bonchev–Trinajstić information content (AvgIpc) is 2.84. The van der Waals surface area contributed by atoms with E-state index in [1.807, 2.05) is 0 Å². The molecule has 0 N–H and O–H groups in total. The molecule has 2 heteroatoms. The lowest BCUT2D eigenvalue weighted by molar-refractivity contribution is -0.939. The molecule has 1 aliphatic rings. The van der Waals surface area contributed by atoms with E-state index in [1.54, 1.807) is 0 Å². The fourth-order valence-corrected chi connectivity index (χ4v) is 4.81. The topological polar surface area (TPSA) is 0 Å². The highest BCUT2D eigenvalue weighted by Crippen LogP contribution is 2.29. The highest BCUT2D eigenvalue weighted by molar-refractivity contribution is 6.19. The van der Waals surface area contributed by atoms with Crippen LogP contribution in [0, 0.1) is 0 Å². The molecule has 1 nitrogen and oxygen atoms in total. The number of alkyl halides is 1. The molecule has 1 atom stereocenters. The molecule has 0 radical (unpaired) electrons. The summed E-state index contributed by atoms with van der Waals surface area (Å²) in [6.07, 6.45) is 22.2. The molecule has 0 bridgehead atoms. The van der Waals surface area contributed by atoms with Crippen LogP contribution in [-0.4, -0.2) is 29.6 Å². The molecule has 0 aromatic rings. The largest absolute Gasteiger partial charge is 0.309 e. The van der Waals surface area contributed by atoms with Crippen molar-refractivity contribution in [3.63, 3.8) is 0 Å². The van der Waals surface area contributed by atoms with Crippen LogP contribution in [0.2, 0.25) is 0 Å². The van der Waals surface area contributed by atoms with Gasteiger partial charge in [0.15, 0.2) is 5.50 Å². The van der Waals surface area contributed by atoms with Crippen molar-refractivity contribution < 1.29 is 4.48 Å². The molecule has 1 rings (SSSR count). The first kappa shape index (κ1) is 22.3. The molecule has 0 aliphatic carbocycles. The van der Waals surface area contributed by atoms with Gasteiger partial charge >= 0.3 is 0 Å². The van der Waals surface area contributed by atoms with E-state index in [2.05, 4.69) is 13.8 Å². The maximum Gasteiger partial charge on any atom is 0.164 e. The summed E-state index contributed by atoms with van der Waals surface area (Å²) in [7, 11) is 0. The third kappa shape index (κ3) is 9.09. The predicted octanol–water partition coefficient (Wildman–Crippen LogP) is 7.66. The van der Waals surface area contributed by atoms with E-state index in [9.17, 15) is 0 Å². The summed E-state index contributed by atoms with van der Waals surface area (Å²) in [6, 6.07) is 0. The first-order valence-corrected chi connectivity index (χ1v) is 11.7. The Hall–Kier alpha value is 0.250. The smallest absolute Gasteiger partial charge is 0.164 e. The second-order valence-corrected chi connectivity index (χ2v) is 8.71. The van der Waals surface area contributed by atoms with E-state index < -0.39 is 0 Å². The fourth-order valence-electron chi connectivity index (χ4n) is 4.36. The average molecular weight is 359 g/mol. The Balaban J connectivity index is 2.33. The summed E-state index contributed by atoms with van der Waals surface area (Å²) in [5.74, 6) is 0. The summed E-state index contributed by atoms with van der Waals surface area (Å²) in [5.41, 5.74) is 0.374. The number of rotatable bonds is 14. The number of nitrogens with zero attached hydrogens (tertiary/aromatic N) is 1.